The second-order valence-corrected chi connectivity index (χ2v) is 7.27. The van der Waals surface area contributed by atoms with Crippen molar-refractivity contribution in [2.75, 3.05) is 13.1 Å². The van der Waals surface area contributed by atoms with E-state index < -0.39 is 0 Å². The van der Waals surface area contributed by atoms with Gasteiger partial charge in [0.2, 0.25) is 0 Å². The van der Waals surface area contributed by atoms with Gasteiger partial charge in [-0.25, -0.2) is 0 Å². The van der Waals surface area contributed by atoms with Gasteiger partial charge in [-0.3, -0.25) is 4.90 Å². The Hall–Kier alpha value is -0.380. The quantitative estimate of drug-likeness (QED) is 0.830. The van der Waals surface area contributed by atoms with Gasteiger partial charge < -0.3 is 5.73 Å². The summed E-state index contributed by atoms with van der Waals surface area (Å²) in [5.41, 5.74) is 7.44. The Morgan fingerprint density at radius 3 is 2.52 bits per heavy atom. The normalized spacial score (nSPS) is 24.2. The largest absolute Gasteiger partial charge is 0.330 e. The van der Waals surface area contributed by atoms with Crippen LogP contribution < -0.4 is 5.73 Å². The van der Waals surface area contributed by atoms with Crippen LogP contribution in [0, 0.1) is 5.92 Å². The molecule has 2 rings (SSSR count). The van der Waals surface area contributed by atoms with E-state index in [-0.39, 0.29) is 0 Å². The Balaban J connectivity index is 2.03. The van der Waals surface area contributed by atoms with Crippen molar-refractivity contribution in [3.63, 3.8) is 0 Å². The average molecular weight is 353 g/mol. The highest BCUT2D eigenvalue weighted by Gasteiger charge is 2.30. The number of nitrogens with zero attached hydrogens (tertiary/aromatic N) is 1. The summed E-state index contributed by atoms with van der Waals surface area (Å²) in [6.45, 7) is 6.62. The zero-order chi connectivity index (χ0) is 15.2. The SMILES string of the molecule is CCN(C(C)Cc1ccc(Br)cc1)C1CCCCC1CN. The lowest BCUT2D eigenvalue weighted by atomic mass is 9.82. The summed E-state index contributed by atoms with van der Waals surface area (Å²) in [5.74, 6) is 0.686. The van der Waals surface area contributed by atoms with Crippen molar-refractivity contribution >= 4 is 15.9 Å². The first kappa shape index (κ1) is 17.0. The summed E-state index contributed by atoms with van der Waals surface area (Å²) in [6, 6.07) is 10.0. The molecular formula is C18H29BrN2. The van der Waals surface area contributed by atoms with Crippen LogP contribution in [0.5, 0.6) is 0 Å². The van der Waals surface area contributed by atoms with Crippen molar-refractivity contribution < 1.29 is 0 Å². The van der Waals surface area contributed by atoms with Crippen LogP contribution in [0.3, 0.4) is 0 Å². The maximum absolute atomic E-state index is 6.02. The predicted molar refractivity (Wildman–Crippen MR) is 94.5 cm³/mol. The Bertz CT molecular complexity index is 418. The Morgan fingerprint density at radius 2 is 1.90 bits per heavy atom. The monoisotopic (exact) mass is 352 g/mol. The Labute approximate surface area is 138 Å². The topological polar surface area (TPSA) is 29.3 Å². The highest BCUT2D eigenvalue weighted by atomic mass is 79.9. The molecule has 3 heteroatoms. The predicted octanol–water partition coefficient (Wildman–Crippen LogP) is 4.22. The molecule has 3 atom stereocenters. The molecule has 0 spiro atoms. The molecule has 0 saturated heterocycles. The third-order valence-corrected chi connectivity index (χ3v) is 5.50. The van der Waals surface area contributed by atoms with Gasteiger partial charge in [0.1, 0.15) is 0 Å². The van der Waals surface area contributed by atoms with E-state index in [1.165, 1.54) is 31.2 Å². The van der Waals surface area contributed by atoms with Crippen molar-refractivity contribution in [3.05, 3.63) is 34.3 Å². The zero-order valence-electron chi connectivity index (χ0n) is 13.4. The molecule has 0 heterocycles. The summed E-state index contributed by atoms with van der Waals surface area (Å²) in [4.78, 5) is 2.69. The number of rotatable bonds is 6. The number of likely N-dealkylation sites (N-methyl/N-ethyl adjacent to an activating group) is 1. The minimum absolute atomic E-state index is 0.577. The van der Waals surface area contributed by atoms with Crippen molar-refractivity contribution in [3.8, 4) is 0 Å². The van der Waals surface area contributed by atoms with Gasteiger partial charge in [0.15, 0.2) is 0 Å². The molecule has 1 aliphatic rings. The molecule has 0 amide bonds. The fourth-order valence-corrected chi connectivity index (χ4v) is 4.12. The first-order chi connectivity index (χ1) is 10.2. The van der Waals surface area contributed by atoms with Gasteiger partial charge in [-0.2, -0.15) is 0 Å². The van der Waals surface area contributed by atoms with Crippen LogP contribution in [0.2, 0.25) is 0 Å². The van der Waals surface area contributed by atoms with Crippen LogP contribution in [-0.2, 0) is 6.42 Å². The van der Waals surface area contributed by atoms with Gasteiger partial charge in [0.25, 0.3) is 0 Å². The molecule has 2 nitrogen and oxygen atoms in total. The molecule has 0 bridgehead atoms. The number of nitrogens with two attached hydrogens (primary N) is 1. The molecule has 2 N–H and O–H groups in total. The zero-order valence-corrected chi connectivity index (χ0v) is 15.0. The lowest BCUT2D eigenvalue weighted by Gasteiger charge is -2.42. The molecule has 1 fully saturated rings. The molecular weight excluding hydrogens is 324 g/mol. The number of hydrogen-bond acceptors (Lipinski definition) is 2. The highest BCUT2D eigenvalue weighted by molar-refractivity contribution is 9.10. The maximum Gasteiger partial charge on any atom is 0.0175 e. The lowest BCUT2D eigenvalue weighted by molar-refractivity contribution is 0.0771. The minimum atomic E-state index is 0.577. The molecule has 3 unspecified atom stereocenters. The highest BCUT2D eigenvalue weighted by Crippen LogP contribution is 2.29. The van der Waals surface area contributed by atoms with E-state index in [4.69, 9.17) is 5.73 Å². The summed E-state index contributed by atoms with van der Waals surface area (Å²) in [5, 5.41) is 0. The van der Waals surface area contributed by atoms with Gasteiger partial charge in [-0.1, -0.05) is 47.8 Å². The van der Waals surface area contributed by atoms with Crippen LogP contribution in [0.4, 0.5) is 0 Å². The summed E-state index contributed by atoms with van der Waals surface area (Å²) < 4.78 is 1.15. The van der Waals surface area contributed by atoms with Crippen molar-refractivity contribution in [2.45, 2.75) is 58.0 Å². The van der Waals surface area contributed by atoms with E-state index in [1.54, 1.807) is 0 Å². The molecule has 21 heavy (non-hydrogen) atoms. The van der Waals surface area contributed by atoms with Crippen LogP contribution in [0.15, 0.2) is 28.7 Å². The Kier molecular flexibility index (Phi) is 6.72. The van der Waals surface area contributed by atoms with Crippen LogP contribution in [0.1, 0.15) is 45.1 Å². The third-order valence-electron chi connectivity index (χ3n) is 4.97. The van der Waals surface area contributed by atoms with Gasteiger partial charge in [-0.15, -0.1) is 0 Å². The number of halogens is 1. The standard InChI is InChI=1S/C18H29BrN2/c1-3-21(18-7-5-4-6-16(18)13-20)14(2)12-15-8-10-17(19)11-9-15/h8-11,14,16,18H,3-7,12-13,20H2,1-2H3. The van der Waals surface area contributed by atoms with Gasteiger partial charge in [-0.05, 0) is 62.9 Å². The second kappa shape index (κ2) is 8.30. The first-order valence-electron chi connectivity index (χ1n) is 8.36. The third kappa shape index (κ3) is 4.54. The van der Waals surface area contributed by atoms with E-state index in [0.29, 0.717) is 18.0 Å². The smallest absolute Gasteiger partial charge is 0.0175 e. The number of hydrogen-bond donors (Lipinski definition) is 1. The van der Waals surface area contributed by atoms with Crippen LogP contribution in [0.25, 0.3) is 0 Å². The van der Waals surface area contributed by atoms with Crippen LogP contribution >= 0.6 is 15.9 Å². The maximum atomic E-state index is 6.02. The molecule has 1 aromatic rings. The first-order valence-corrected chi connectivity index (χ1v) is 9.15. The van der Waals surface area contributed by atoms with Crippen molar-refractivity contribution in [1.82, 2.24) is 4.90 Å². The van der Waals surface area contributed by atoms with E-state index in [0.717, 1.165) is 24.0 Å². The average Bonchev–Trinajstić information content (AvgIpc) is 2.51. The van der Waals surface area contributed by atoms with Gasteiger partial charge in [0, 0.05) is 16.6 Å². The summed E-state index contributed by atoms with van der Waals surface area (Å²) in [6.07, 6.45) is 6.47. The van der Waals surface area contributed by atoms with Crippen LogP contribution in [-0.4, -0.2) is 30.1 Å². The fourth-order valence-electron chi connectivity index (χ4n) is 3.85. The molecule has 0 aliphatic heterocycles. The number of benzene rings is 1. The van der Waals surface area contributed by atoms with E-state index in [2.05, 4.69) is 58.9 Å². The second-order valence-electron chi connectivity index (χ2n) is 6.36. The van der Waals surface area contributed by atoms with E-state index >= 15 is 0 Å². The summed E-state index contributed by atoms with van der Waals surface area (Å²) >= 11 is 3.51. The molecule has 1 aliphatic carbocycles. The minimum Gasteiger partial charge on any atom is -0.330 e. The van der Waals surface area contributed by atoms with Crippen molar-refractivity contribution in [1.29, 1.82) is 0 Å². The fraction of sp³-hybridized carbons (Fsp3) is 0.667. The van der Waals surface area contributed by atoms with Crippen molar-refractivity contribution in [2.24, 2.45) is 11.7 Å². The molecule has 1 saturated carbocycles. The molecule has 1 aromatic carbocycles. The molecule has 118 valence electrons. The van der Waals surface area contributed by atoms with Gasteiger partial charge >= 0.3 is 0 Å². The molecule has 0 aromatic heterocycles. The van der Waals surface area contributed by atoms with Gasteiger partial charge in [0.05, 0.1) is 0 Å². The lowest BCUT2D eigenvalue weighted by Crippen LogP contribution is -2.49. The van der Waals surface area contributed by atoms with E-state index in [9.17, 15) is 0 Å². The van der Waals surface area contributed by atoms with E-state index in [1.807, 2.05) is 0 Å². The molecule has 0 radical (unpaired) electrons. The summed E-state index contributed by atoms with van der Waals surface area (Å²) in [7, 11) is 0. The Morgan fingerprint density at radius 1 is 1.24 bits per heavy atom.